The molecule has 4 nitrogen and oxygen atoms in total. The molecule has 12 heavy (non-hydrogen) atoms. The van der Waals surface area contributed by atoms with Crippen LogP contribution in [0.2, 0.25) is 0 Å². The first-order valence-corrected chi connectivity index (χ1v) is 3.39. The molecular formula is C7H15IN2O2. The number of likely N-dealkylation sites (N-methyl/N-ethyl adjacent to an activating group) is 1. The predicted molar refractivity (Wildman–Crippen MR) is 42.8 cm³/mol. The fourth-order valence-corrected chi connectivity index (χ4v) is 0.601. The van der Waals surface area contributed by atoms with E-state index in [1.165, 1.54) is 6.92 Å². The van der Waals surface area contributed by atoms with Gasteiger partial charge in [0.05, 0.1) is 21.1 Å². The lowest BCUT2D eigenvalue weighted by atomic mass is 10.2. The van der Waals surface area contributed by atoms with Crippen molar-refractivity contribution in [2.45, 2.75) is 6.92 Å². The summed E-state index contributed by atoms with van der Waals surface area (Å²) in [5.41, 5.74) is 0.165. The number of carbonyl (C=O) groups excluding carboxylic acids is 1. The molecule has 0 radical (unpaired) electrons. The van der Waals surface area contributed by atoms with Crippen LogP contribution in [0.15, 0.2) is 5.16 Å². The van der Waals surface area contributed by atoms with Gasteiger partial charge in [0, 0.05) is 0 Å². The topological polar surface area (TPSA) is 49.7 Å². The van der Waals surface area contributed by atoms with Crippen LogP contribution in [-0.4, -0.2) is 48.9 Å². The number of hydrogen-bond acceptors (Lipinski definition) is 3. The summed E-state index contributed by atoms with van der Waals surface area (Å²) < 4.78 is 0.547. The number of hydrogen-bond donors (Lipinski definition) is 1. The molecule has 0 amide bonds. The zero-order chi connectivity index (χ0) is 9.07. The molecule has 0 aromatic carbocycles. The van der Waals surface area contributed by atoms with Crippen LogP contribution >= 0.6 is 0 Å². The molecule has 0 aromatic heterocycles. The monoisotopic (exact) mass is 286 g/mol. The highest BCUT2D eigenvalue weighted by molar-refractivity contribution is 6.39. The maximum Gasteiger partial charge on any atom is 0.234 e. The number of quaternary nitrogens is 1. The van der Waals surface area contributed by atoms with E-state index in [1.807, 2.05) is 21.1 Å². The molecule has 0 aliphatic heterocycles. The number of rotatable bonds is 3. The normalized spacial score (nSPS) is 12.2. The van der Waals surface area contributed by atoms with Crippen molar-refractivity contribution in [2.24, 2.45) is 5.16 Å². The summed E-state index contributed by atoms with van der Waals surface area (Å²) in [4.78, 5) is 11.1. The third-order valence-electron chi connectivity index (χ3n) is 1.17. The van der Waals surface area contributed by atoms with E-state index in [1.54, 1.807) is 0 Å². The maximum atomic E-state index is 11.1. The van der Waals surface area contributed by atoms with Crippen molar-refractivity contribution in [1.29, 1.82) is 0 Å². The quantitative estimate of drug-likeness (QED) is 0.199. The summed E-state index contributed by atoms with van der Waals surface area (Å²) in [6, 6.07) is 0. The lowest BCUT2D eigenvalue weighted by Gasteiger charge is -2.22. The standard InChI is InChI=1S/C7H14N2O2.HI/c1-6(8-11)7(10)5-9(2,3)4;/h5H2,1-4H3;1H. The van der Waals surface area contributed by atoms with Gasteiger partial charge in [0.1, 0.15) is 12.3 Å². The van der Waals surface area contributed by atoms with Gasteiger partial charge in [-0.25, -0.2) is 0 Å². The van der Waals surface area contributed by atoms with E-state index >= 15 is 0 Å². The van der Waals surface area contributed by atoms with E-state index in [0.29, 0.717) is 11.0 Å². The number of oxime groups is 1. The van der Waals surface area contributed by atoms with Gasteiger partial charge in [-0.15, -0.1) is 0 Å². The molecule has 0 heterocycles. The summed E-state index contributed by atoms with van der Waals surface area (Å²) in [6.07, 6.45) is 0. The van der Waals surface area contributed by atoms with Crippen LogP contribution in [0.1, 0.15) is 6.92 Å². The second-order valence-electron chi connectivity index (χ2n) is 3.56. The highest BCUT2D eigenvalue weighted by atomic mass is 127. The average molecular weight is 286 g/mol. The number of Topliss-reactive ketones (excluding diaryl/α,β-unsaturated/α-hetero) is 1. The van der Waals surface area contributed by atoms with E-state index in [2.05, 4.69) is 5.16 Å². The lowest BCUT2D eigenvalue weighted by molar-refractivity contribution is -0.861. The minimum absolute atomic E-state index is 0. The predicted octanol–water partition coefficient (Wildman–Crippen LogP) is -2.88. The fourth-order valence-electron chi connectivity index (χ4n) is 0.601. The maximum absolute atomic E-state index is 11.1. The van der Waals surface area contributed by atoms with Gasteiger partial charge in [-0.05, 0) is 6.92 Å². The molecular weight excluding hydrogens is 271 g/mol. The number of carbonyl (C=O) groups is 1. The first-order chi connectivity index (χ1) is 4.87. The Morgan fingerprint density at radius 2 is 1.83 bits per heavy atom. The SMILES string of the molecule is C/C(=N\O)C(=O)C[N+](C)(C)C.[I-]. The molecule has 0 unspecified atom stereocenters. The number of ketones is 1. The molecule has 0 aliphatic rings. The fraction of sp³-hybridized carbons (Fsp3) is 0.714. The molecule has 0 spiro atoms. The Balaban J connectivity index is 0. The molecule has 0 rings (SSSR count). The Kier molecular flexibility index (Phi) is 6.55. The van der Waals surface area contributed by atoms with E-state index in [0.717, 1.165) is 0 Å². The second kappa shape index (κ2) is 5.47. The Bertz CT molecular complexity index is 184. The van der Waals surface area contributed by atoms with Gasteiger partial charge in [-0.1, -0.05) is 5.16 Å². The summed E-state index contributed by atoms with van der Waals surface area (Å²) in [6.45, 7) is 1.86. The molecule has 0 saturated heterocycles. The Hall–Kier alpha value is -0.170. The molecule has 0 atom stereocenters. The smallest absolute Gasteiger partial charge is 0.234 e. The minimum Gasteiger partial charge on any atom is -1.00 e. The summed E-state index contributed by atoms with van der Waals surface area (Å²) in [5.74, 6) is -0.125. The second-order valence-corrected chi connectivity index (χ2v) is 3.56. The van der Waals surface area contributed by atoms with E-state index < -0.39 is 0 Å². The van der Waals surface area contributed by atoms with Gasteiger partial charge in [0.15, 0.2) is 0 Å². The van der Waals surface area contributed by atoms with Crippen LogP contribution in [0.25, 0.3) is 0 Å². The first-order valence-electron chi connectivity index (χ1n) is 3.39. The van der Waals surface area contributed by atoms with E-state index in [9.17, 15) is 4.79 Å². The van der Waals surface area contributed by atoms with E-state index in [-0.39, 0.29) is 35.5 Å². The van der Waals surface area contributed by atoms with Crippen LogP contribution in [0.5, 0.6) is 0 Å². The molecule has 0 aliphatic carbocycles. The van der Waals surface area contributed by atoms with E-state index in [4.69, 9.17) is 5.21 Å². The molecule has 0 fully saturated rings. The highest BCUT2D eigenvalue weighted by Gasteiger charge is 2.16. The molecule has 72 valence electrons. The summed E-state index contributed by atoms with van der Waals surface area (Å²) >= 11 is 0. The highest BCUT2D eigenvalue weighted by Crippen LogP contribution is 1.91. The van der Waals surface area contributed by atoms with Gasteiger partial charge in [0.25, 0.3) is 0 Å². The van der Waals surface area contributed by atoms with Crippen LogP contribution in [0.4, 0.5) is 0 Å². The van der Waals surface area contributed by atoms with Crippen molar-refractivity contribution < 1.29 is 38.5 Å². The molecule has 0 saturated carbocycles. The Labute approximate surface area is 89.8 Å². The summed E-state index contributed by atoms with van der Waals surface area (Å²) in [7, 11) is 5.72. The zero-order valence-corrected chi connectivity index (χ0v) is 9.99. The summed E-state index contributed by atoms with van der Waals surface area (Å²) in [5, 5.41) is 11.1. The Morgan fingerprint density at radius 3 is 2.08 bits per heavy atom. The van der Waals surface area contributed by atoms with Gasteiger partial charge < -0.3 is 33.7 Å². The van der Waals surface area contributed by atoms with Crippen LogP contribution in [0.3, 0.4) is 0 Å². The third kappa shape index (κ3) is 6.53. The number of nitrogens with zero attached hydrogens (tertiary/aromatic N) is 2. The van der Waals surface area contributed by atoms with Crippen molar-refractivity contribution >= 4 is 11.5 Å². The van der Waals surface area contributed by atoms with Crippen LogP contribution in [-0.2, 0) is 4.79 Å². The minimum atomic E-state index is -0.125. The lowest BCUT2D eigenvalue weighted by Crippen LogP contribution is -3.00. The molecule has 0 bridgehead atoms. The molecule has 5 heteroatoms. The van der Waals surface area contributed by atoms with Crippen LogP contribution in [0, 0.1) is 0 Å². The molecule has 0 aromatic rings. The largest absolute Gasteiger partial charge is 1.00 e. The van der Waals surface area contributed by atoms with Crippen molar-refractivity contribution in [3.63, 3.8) is 0 Å². The van der Waals surface area contributed by atoms with Gasteiger partial charge in [0.2, 0.25) is 5.78 Å². The van der Waals surface area contributed by atoms with Crippen molar-refractivity contribution in [3.8, 4) is 0 Å². The van der Waals surface area contributed by atoms with Crippen molar-refractivity contribution in [2.75, 3.05) is 27.7 Å². The number of halogens is 1. The first kappa shape index (κ1) is 14.4. The Morgan fingerprint density at radius 1 is 1.42 bits per heavy atom. The zero-order valence-electron chi connectivity index (χ0n) is 7.83. The van der Waals surface area contributed by atoms with Gasteiger partial charge in [-0.3, -0.25) is 4.79 Å². The average Bonchev–Trinajstić information content (AvgIpc) is 1.82. The third-order valence-corrected chi connectivity index (χ3v) is 1.17. The molecule has 1 N–H and O–H groups in total. The van der Waals surface area contributed by atoms with Crippen molar-refractivity contribution in [3.05, 3.63) is 0 Å². The van der Waals surface area contributed by atoms with Crippen LogP contribution < -0.4 is 24.0 Å². The van der Waals surface area contributed by atoms with Gasteiger partial charge in [-0.2, -0.15) is 0 Å². The van der Waals surface area contributed by atoms with Gasteiger partial charge >= 0.3 is 0 Å². The van der Waals surface area contributed by atoms with Crippen molar-refractivity contribution in [1.82, 2.24) is 0 Å².